The van der Waals surface area contributed by atoms with Crippen molar-refractivity contribution in [1.82, 2.24) is 10.3 Å². The van der Waals surface area contributed by atoms with Gasteiger partial charge in [0.25, 0.3) is 0 Å². The second-order valence-electron chi connectivity index (χ2n) is 3.00. The lowest BCUT2D eigenvalue weighted by molar-refractivity contribution is -0.138. The number of amides is 1. The number of carbonyl (C=O) groups excluding carboxylic acids is 1. The molecule has 17 heavy (non-hydrogen) atoms. The van der Waals surface area contributed by atoms with Gasteiger partial charge in [-0.2, -0.15) is 0 Å². The van der Waals surface area contributed by atoms with Gasteiger partial charge in [-0.3, -0.25) is 4.79 Å². The number of aliphatic carboxylic acids is 1. The van der Waals surface area contributed by atoms with E-state index >= 15 is 0 Å². The fraction of sp³-hybridized carbons (Fsp3) is 0.714. The third-order valence-electron chi connectivity index (χ3n) is 1.60. The number of carboxylic acids is 1. The summed E-state index contributed by atoms with van der Waals surface area (Å²) in [5.41, 5.74) is 6.91. The van der Waals surface area contributed by atoms with Gasteiger partial charge < -0.3 is 15.6 Å². The normalized spacial score (nSPS) is 12.8. The van der Waals surface area contributed by atoms with Crippen molar-refractivity contribution >= 4 is 22.1 Å². The van der Waals surface area contributed by atoms with E-state index in [-0.39, 0.29) is 13.0 Å². The number of hydrogen-bond donors (Lipinski definition) is 4. The van der Waals surface area contributed by atoms with Crippen LogP contribution in [0.3, 0.4) is 0 Å². The van der Waals surface area contributed by atoms with Gasteiger partial charge >= 0.3 is 12.1 Å². The van der Waals surface area contributed by atoms with Gasteiger partial charge in [0.05, 0.1) is 12.4 Å². The van der Waals surface area contributed by atoms with Crippen molar-refractivity contribution in [3.05, 3.63) is 0 Å². The van der Waals surface area contributed by atoms with Crippen LogP contribution in [0.1, 0.15) is 13.3 Å². The van der Waals surface area contributed by atoms with Crippen molar-refractivity contribution in [2.75, 3.05) is 12.4 Å². The van der Waals surface area contributed by atoms with Crippen LogP contribution in [0, 0.1) is 0 Å². The number of carboxylic acid groups (broad SMARTS) is 1. The number of sulfonamides is 1. The van der Waals surface area contributed by atoms with E-state index in [1.807, 2.05) is 0 Å². The minimum absolute atomic E-state index is 0.0947. The summed E-state index contributed by atoms with van der Waals surface area (Å²) in [4.78, 5) is 22.8. The molecular formula is C7H15N3O6S. The zero-order valence-electron chi connectivity index (χ0n) is 9.17. The van der Waals surface area contributed by atoms with Crippen molar-refractivity contribution < 1.29 is 27.9 Å². The quantitative estimate of drug-likeness (QED) is 0.405. The van der Waals surface area contributed by atoms with E-state index in [4.69, 9.17) is 10.8 Å². The number of hydrazine groups is 1. The van der Waals surface area contributed by atoms with Crippen molar-refractivity contribution in [3.63, 3.8) is 0 Å². The second-order valence-corrected chi connectivity index (χ2v) is 4.84. The van der Waals surface area contributed by atoms with Crippen molar-refractivity contribution in [2.24, 2.45) is 5.73 Å². The van der Waals surface area contributed by atoms with Gasteiger partial charge in [0.1, 0.15) is 6.04 Å². The van der Waals surface area contributed by atoms with Gasteiger partial charge in [-0.05, 0) is 13.3 Å². The van der Waals surface area contributed by atoms with E-state index in [1.165, 1.54) is 0 Å². The topological polar surface area (TPSA) is 148 Å². The standard InChI is InChI=1S/C7H15N3O6S/c1-2-16-7(13)9-10-17(14,15)4-3-5(8)6(11)12/h5,10H,2-4,8H2,1H3,(H,9,13)(H,11,12). The molecule has 5 N–H and O–H groups in total. The summed E-state index contributed by atoms with van der Waals surface area (Å²) in [6.45, 7) is 1.65. The van der Waals surface area contributed by atoms with Crippen LogP contribution in [0.25, 0.3) is 0 Å². The second kappa shape index (κ2) is 7.04. The van der Waals surface area contributed by atoms with Crippen LogP contribution >= 0.6 is 0 Å². The largest absolute Gasteiger partial charge is 0.480 e. The number of ether oxygens (including phenoxy) is 1. The molecule has 0 spiro atoms. The van der Waals surface area contributed by atoms with Crippen molar-refractivity contribution in [2.45, 2.75) is 19.4 Å². The van der Waals surface area contributed by atoms with Crippen LogP contribution in [0.15, 0.2) is 0 Å². The Morgan fingerprint density at radius 1 is 1.47 bits per heavy atom. The summed E-state index contributed by atoms with van der Waals surface area (Å²) in [5.74, 6) is -1.81. The van der Waals surface area contributed by atoms with Gasteiger partial charge in [-0.25, -0.2) is 18.6 Å². The highest BCUT2D eigenvalue weighted by Gasteiger charge is 2.17. The molecule has 0 saturated heterocycles. The average Bonchev–Trinajstić information content (AvgIpc) is 2.24. The predicted octanol–water partition coefficient (Wildman–Crippen LogP) is -1.63. The maximum Gasteiger partial charge on any atom is 0.422 e. The molecule has 0 aromatic carbocycles. The Hall–Kier alpha value is -1.39. The smallest absolute Gasteiger partial charge is 0.422 e. The van der Waals surface area contributed by atoms with E-state index in [0.717, 1.165) is 0 Å². The Bertz CT molecular complexity index is 368. The molecule has 0 rings (SSSR count). The van der Waals surface area contributed by atoms with E-state index < -0.39 is 33.9 Å². The molecule has 10 heteroatoms. The first-order valence-corrected chi connectivity index (χ1v) is 6.34. The minimum Gasteiger partial charge on any atom is -0.480 e. The van der Waals surface area contributed by atoms with Crippen LogP contribution in [0.4, 0.5) is 4.79 Å². The summed E-state index contributed by atoms with van der Waals surface area (Å²) < 4.78 is 26.9. The molecule has 0 aliphatic rings. The zero-order chi connectivity index (χ0) is 13.5. The number of nitrogens with one attached hydrogen (secondary N) is 2. The predicted molar refractivity (Wildman–Crippen MR) is 57.3 cm³/mol. The molecule has 0 radical (unpaired) electrons. The molecule has 1 atom stereocenters. The Labute approximate surface area is 98.3 Å². The number of rotatable bonds is 7. The Morgan fingerprint density at radius 3 is 2.53 bits per heavy atom. The van der Waals surface area contributed by atoms with Crippen LogP contribution in [0.5, 0.6) is 0 Å². The van der Waals surface area contributed by atoms with Gasteiger partial charge in [-0.15, -0.1) is 4.83 Å². The molecule has 1 amide bonds. The molecule has 1 unspecified atom stereocenters. The maximum atomic E-state index is 11.2. The summed E-state index contributed by atoms with van der Waals surface area (Å²) in [7, 11) is -3.83. The highest BCUT2D eigenvalue weighted by Crippen LogP contribution is 1.93. The Morgan fingerprint density at radius 2 is 2.06 bits per heavy atom. The summed E-state index contributed by atoms with van der Waals surface area (Å²) >= 11 is 0. The summed E-state index contributed by atoms with van der Waals surface area (Å²) in [5, 5.41) is 8.44. The lowest BCUT2D eigenvalue weighted by atomic mass is 10.2. The highest BCUT2D eigenvalue weighted by atomic mass is 32.2. The lowest BCUT2D eigenvalue weighted by Crippen LogP contribution is -2.44. The van der Waals surface area contributed by atoms with Gasteiger partial charge in [0.2, 0.25) is 10.0 Å². The van der Waals surface area contributed by atoms with Gasteiger partial charge in [0, 0.05) is 0 Å². The van der Waals surface area contributed by atoms with E-state index in [2.05, 4.69) is 4.74 Å². The molecule has 0 bridgehead atoms. The Kier molecular flexibility index (Phi) is 6.46. The summed E-state index contributed by atoms with van der Waals surface area (Å²) in [6.07, 6.45) is -1.21. The summed E-state index contributed by atoms with van der Waals surface area (Å²) in [6, 6.07) is -1.27. The van der Waals surface area contributed by atoms with Crippen molar-refractivity contribution in [3.8, 4) is 0 Å². The monoisotopic (exact) mass is 269 g/mol. The molecule has 0 aliphatic heterocycles. The molecule has 9 nitrogen and oxygen atoms in total. The van der Waals surface area contributed by atoms with Gasteiger partial charge in [0.15, 0.2) is 0 Å². The first-order valence-electron chi connectivity index (χ1n) is 4.69. The SMILES string of the molecule is CCOC(=O)NNS(=O)(=O)CCC(N)C(=O)O. The molecule has 0 heterocycles. The first kappa shape index (κ1) is 15.6. The number of nitrogens with two attached hydrogens (primary N) is 1. The molecule has 0 saturated carbocycles. The Balaban J connectivity index is 4.05. The van der Waals surface area contributed by atoms with E-state index in [9.17, 15) is 18.0 Å². The molecular weight excluding hydrogens is 254 g/mol. The third kappa shape index (κ3) is 7.49. The molecule has 0 fully saturated rings. The fourth-order valence-electron chi connectivity index (χ4n) is 0.743. The number of carbonyl (C=O) groups is 2. The maximum absolute atomic E-state index is 11.2. The van der Waals surface area contributed by atoms with Crippen molar-refractivity contribution in [1.29, 1.82) is 0 Å². The third-order valence-corrected chi connectivity index (χ3v) is 2.79. The molecule has 100 valence electrons. The van der Waals surface area contributed by atoms with Crippen LogP contribution in [-0.2, 0) is 19.6 Å². The zero-order valence-corrected chi connectivity index (χ0v) is 9.99. The van der Waals surface area contributed by atoms with Crippen LogP contribution in [0.2, 0.25) is 0 Å². The molecule has 0 aromatic heterocycles. The van der Waals surface area contributed by atoms with Gasteiger partial charge in [-0.1, -0.05) is 0 Å². The van der Waals surface area contributed by atoms with E-state index in [0.29, 0.717) is 0 Å². The first-order chi connectivity index (χ1) is 7.78. The molecule has 0 aromatic rings. The number of hydrogen-bond acceptors (Lipinski definition) is 6. The average molecular weight is 269 g/mol. The van der Waals surface area contributed by atoms with Crippen LogP contribution < -0.4 is 16.0 Å². The molecule has 0 aliphatic carbocycles. The van der Waals surface area contributed by atoms with E-state index in [1.54, 1.807) is 17.2 Å². The van der Waals surface area contributed by atoms with Crippen LogP contribution in [-0.4, -0.2) is 44.0 Å². The highest BCUT2D eigenvalue weighted by molar-refractivity contribution is 7.89. The lowest BCUT2D eigenvalue weighted by Gasteiger charge is -2.09. The minimum atomic E-state index is -3.83. The fourth-order valence-corrected chi connectivity index (χ4v) is 1.65.